The van der Waals surface area contributed by atoms with Crippen LogP contribution < -0.4 is 10.2 Å². The van der Waals surface area contributed by atoms with Crippen LogP contribution in [0.4, 0.5) is 17.1 Å². The number of nitrogens with zero attached hydrogens (tertiary/aromatic N) is 3. The number of para-hydroxylation sites is 1. The Bertz CT molecular complexity index is 952. The lowest BCUT2D eigenvalue weighted by Crippen LogP contribution is -2.50. The van der Waals surface area contributed by atoms with Gasteiger partial charge in [-0.05, 0) is 56.9 Å². The molecular weight excluding hydrogens is 420 g/mol. The van der Waals surface area contributed by atoms with E-state index in [1.165, 1.54) is 5.69 Å². The molecule has 1 heterocycles. The van der Waals surface area contributed by atoms with Gasteiger partial charge in [0.2, 0.25) is 5.91 Å². The lowest BCUT2D eigenvalue weighted by atomic mass is 9.92. The van der Waals surface area contributed by atoms with E-state index in [0.717, 1.165) is 57.5 Å². The average molecular weight is 453 g/mol. The number of amides is 1. The summed E-state index contributed by atoms with van der Waals surface area (Å²) in [4.78, 5) is 27.5. The molecule has 0 bridgehead atoms. The van der Waals surface area contributed by atoms with Crippen molar-refractivity contribution >= 4 is 23.0 Å². The molecule has 33 heavy (non-hydrogen) atoms. The van der Waals surface area contributed by atoms with Crippen LogP contribution in [0, 0.1) is 17.0 Å². The first-order valence-corrected chi connectivity index (χ1v) is 11.7. The van der Waals surface area contributed by atoms with Gasteiger partial charge in [-0.15, -0.1) is 0 Å². The summed E-state index contributed by atoms with van der Waals surface area (Å²) in [6, 6.07) is 15.8. The number of nitro groups is 1. The van der Waals surface area contributed by atoms with Gasteiger partial charge in [-0.1, -0.05) is 18.2 Å². The molecule has 2 fully saturated rings. The summed E-state index contributed by atoms with van der Waals surface area (Å²) in [6.45, 7) is 5.04. The molecular formula is C25H32N4O4. The van der Waals surface area contributed by atoms with E-state index < -0.39 is 0 Å². The van der Waals surface area contributed by atoms with E-state index in [1.807, 2.05) is 29.2 Å². The highest BCUT2D eigenvalue weighted by molar-refractivity contribution is 5.77. The van der Waals surface area contributed by atoms with Gasteiger partial charge in [-0.25, -0.2) is 0 Å². The first-order chi connectivity index (χ1) is 16.0. The van der Waals surface area contributed by atoms with E-state index in [-0.39, 0.29) is 29.2 Å². The third-order valence-corrected chi connectivity index (χ3v) is 6.63. The van der Waals surface area contributed by atoms with E-state index in [2.05, 4.69) is 22.3 Å². The van der Waals surface area contributed by atoms with Gasteiger partial charge in [0, 0.05) is 55.2 Å². The highest BCUT2D eigenvalue weighted by atomic mass is 16.6. The maximum atomic E-state index is 12.6. The molecule has 0 aromatic heterocycles. The van der Waals surface area contributed by atoms with Crippen molar-refractivity contribution in [1.82, 2.24) is 4.90 Å². The van der Waals surface area contributed by atoms with Gasteiger partial charge in [-0.3, -0.25) is 14.9 Å². The molecule has 1 N–H and O–H groups in total. The Morgan fingerprint density at radius 1 is 1.06 bits per heavy atom. The van der Waals surface area contributed by atoms with Crippen molar-refractivity contribution in [3.05, 3.63) is 64.2 Å². The standard InChI is InChI=1S/C25H32N4O4/c1-19-17-21(9-12-24(19)29(31)32)26-20-7-10-23(11-8-20)33-18-25(30)28-15-13-27(14-16-28)22-5-3-2-4-6-22/h2-6,9,12,17,20,23,26H,7-8,10-11,13-16,18H2,1H3. The topological polar surface area (TPSA) is 88.0 Å². The Labute approximate surface area is 194 Å². The number of hydrogen-bond donors (Lipinski definition) is 1. The molecule has 2 aromatic carbocycles. The normalized spacial score (nSPS) is 21.0. The molecule has 8 nitrogen and oxygen atoms in total. The van der Waals surface area contributed by atoms with Crippen molar-refractivity contribution in [2.75, 3.05) is 43.0 Å². The number of benzene rings is 2. The summed E-state index contributed by atoms with van der Waals surface area (Å²) >= 11 is 0. The lowest BCUT2D eigenvalue weighted by Gasteiger charge is -2.36. The molecule has 1 saturated heterocycles. The predicted octanol–water partition coefficient (Wildman–Crippen LogP) is 3.99. The summed E-state index contributed by atoms with van der Waals surface area (Å²) in [5, 5.41) is 14.5. The fourth-order valence-electron chi connectivity index (χ4n) is 4.69. The van der Waals surface area contributed by atoms with Crippen molar-refractivity contribution in [1.29, 1.82) is 0 Å². The molecule has 0 radical (unpaired) electrons. The van der Waals surface area contributed by atoms with E-state index in [1.54, 1.807) is 19.1 Å². The lowest BCUT2D eigenvalue weighted by molar-refractivity contribution is -0.385. The van der Waals surface area contributed by atoms with Gasteiger partial charge in [0.05, 0.1) is 11.0 Å². The molecule has 2 aromatic rings. The second kappa shape index (κ2) is 10.7. The first-order valence-electron chi connectivity index (χ1n) is 11.7. The fraction of sp³-hybridized carbons (Fsp3) is 0.480. The molecule has 4 rings (SSSR count). The predicted molar refractivity (Wildman–Crippen MR) is 129 cm³/mol. The molecule has 1 aliphatic heterocycles. The van der Waals surface area contributed by atoms with Gasteiger partial charge < -0.3 is 19.9 Å². The van der Waals surface area contributed by atoms with Crippen LogP contribution in [0.2, 0.25) is 0 Å². The van der Waals surface area contributed by atoms with Gasteiger partial charge in [-0.2, -0.15) is 0 Å². The van der Waals surface area contributed by atoms with Crippen LogP contribution in [0.15, 0.2) is 48.5 Å². The van der Waals surface area contributed by atoms with E-state index in [0.29, 0.717) is 11.6 Å². The number of nitrogens with one attached hydrogen (secondary N) is 1. The Morgan fingerprint density at radius 2 is 1.76 bits per heavy atom. The molecule has 0 unspecified atom stereocenters. The number of rotatable bonds is 7. The minimum Gasteiger partial charge on any atom is -0.382 e. The van der Waals surface area contributed by atoms with E-state index in [9.17, 15) is 14.9 Å². The van der Waals surface area contributed by atoms with Crippen LogP contribution >= 0.6 is 0 Å². The van der Waals surface area contributed by atoms with Gasteiger partial charge in [0.1, 0.15) is 6.61 Å². The first kappa shape index (κ1) is 23.0. The zero-order chi connectivity index (χ0) is 23.2. The molecule has 1 aliphatic carbocycles. The van der Waals surface area contributed by atoms with Crippen molar-refractivity contribution in [3.8, 4) is 0 Å². The minimum absolute atomic E-state index is 0.0734. The maximum absolute atomic E-state index is 12.6. The highest BCUT2D eigenvalue weighted by Gasteiger charge is 2.25. The van der Waals surface area contributed by atoms with E-state index >= 15 is 0 Å². The van der Waals surface area contributed by atoms with Crippen LogP contribution in [0.25, 0.3) is 0 Å². The molecule has 2 aliphatic rings. The molecule has 8 heteroatoms. The fourth-order valence-corrected chi connectivity index (χ4v) is 4.69. The van der Waals surface area contributed by atoms with Crippen LogP contribution in [-0.2, 0) is 9.53 Å². The third kappa shape index (κ3) is 6.01. The van der Waals surface area contributed by atoms with Crippen molar-refractivity contribution in [3.63, 3.8) is 0 Å². The van der Waals surface area contributed by atoms with Crippen LogP contribution in [-0.4, -0.2) is 60.7 Å². The molecule has 1 amide bonds. The summed E-state index contributed by atoms with van der Waals surface area (Å²) < 4.78 is 5.96. The molecule has 176 valence electrons. The number of carbonyl (C=O) groups excluding carboxylic acids is 1. The van der Waals surface area contributed by atoms with Crippen molar-refractivity contribution in [2.24, 2.45) is 0 Å². The zero-order valence-corrected chi connectivity index (χ0v) is 19.1. The number of hydrogen-bond acceptors (Lipinski definition) is 6. The zero-order valence-electron chi connectivity index (χ0n) is 19.1. The van der Waals surface area contributed by atoms with Crippen molar-refractivity contribution in [2.45, 2.75) is 44.8 Å². The van der Waals surface area contributed by atoms with Gasteiger partial charge in [0.25, 0.3) is 5.69 Å². The largest absolute Gasteiger partial charge is 0.382 e. The van der Waals surface area contributed by atoms with Gasteiger partial charge in [0.15, 0.2) is 0 Å². The maximum Gasteiger partial charge on any atom is 0.272 e. The third-order valence-electron chi connectivity index (χ3n) is 6.63. The number of carbonyl (C=O) groups is 1. The summed E-state index contributed by atoms with van der Waals surface area (Å²) in [5.41, 5.74) is 2.91. The Morgan fingerprint density at radius 3 is 2.39 bits per heavy atom. The molecule has 0 spiro atoms. The second-order valence-corrected chi connectivity index (χ2v) is 8.89. The second-order valence-electron chi connectivity index (χ2n) is 8.89. The number of ether oxygens (including phenoxy) is 1. The Kier molecular flexibility index (Phi) is 7.44. The smallest absolute Gasteiger partial charge is 0.272 e. The number of piperazine rings is 1. The minimum atomic E-state index is -0.355. The highest BCUT2D eigenvalue weighted by Crippen LogP contribution is 2.27. The molecule has 0 atom stereocenters. The average Bonchev–Trinajstić information content (AvgIpc) is 2.84. The summed E-state index contributed by atoms with van der Waals surface area (Å²) in [7, 11) is 0. The summed E-state index contributed by atoms with van der Waals surface area (Å²) in [5.74, 6) is 0.0734. The molecule has 1 saturated carbocycles. The number of nitro benzene ring substituents is 1. The van der Waals surface area contributed by atoms with Gasteiger partial charge >= 0.3 is 0 Å². The summed E-state index contributed by atoms with van der Waals surface area (Å²) in [6.07, 6.45) is 3.81. The number of anilines is 2. The van der Waals surface area contributed by atoms with Crippen LogP contribution in [0.1, 0.15) is 31.2 Å². The Hall–Kier alpha value is -3.13. The quantitative estimate of drug-likeness (QED) is 0.505. The SMILES string of the molecule is Cc1cc(NC2CCC(OCC(=O)N3CCN(c4ccccc4)CC3)CC2)ccc1[N+](=O)[O-]. The van der Waals surface area contributed by atoms with Crippen molar-refractivity contribution < 1.29 is 14.5 Å². The Balaban J connectivity index is 1.16. The van der Waals surface area contributed by atoms with E-state index in [4.69, 9.17) is 4.74 Å². The monoisotopic (exact) mass is 452 g/mol. The number of aryl methyl sites for hydroxylation is 1. The van der Waals surface area contributed by atoms with Crippen LogP contribution in [0.5, 0.6) is 0 Å². The van der Waals surface area contributed by atoms with Crippen LogP contribution in [0.3, 0.4) is 0 Å².